The van der Waals surface area contributed by atoms with Gasteiger partial charge in [0.15, 0.2) is 5.75 Å². The summed E-state index contributed by atoms with van der Waals surface area (Å²) in [5.74, 6) is 6.10. The predicted molar refractivity (Wildman–Crippen MR) is 126 cm³/mol. The van der Waals surface area contributed by atoms with Crippen molar-refractivity contribution in [1.82, 2.24) is 15.0 Å². The van der Waals surface area contributed by atoms with Gasteiger partial charge in [0.25, 0.3) is 0 Å². The van der Waals surface area contributed by atoms with Gasteiger partial charge in [-0.3, -0.25) is 9.97 Å². The molecule has 6 nitrogen and oxygen atoms in total. The fraction of sp³-hybridized carbons (Fsp3) is 0.111. The summed E-state index contributed by atoms with van der Waals surface area (Å²) in [6.07, 6.45) is 6.82. The van der Waals surface area contributed by atoms with Gasteiger partial charge in [0.05, 0.1) is 19.4 Å². The van der Waals surface area contributed by atoms with E-state index in [4.69, 9.17) is 14.5 Å². The van der Waals surface area contributed by atoms with Gasteiger partial charge in [0.1, 0.15) is 11.3 Å². The van der Waals surface area contributed by atoms with E-state index in [1.54, 1.807) is 37.8 Å². The standard InChI is InChI=1S/C27H21N3O3/c1-3-33-27(31)23-16-24(22-7-5-15-29-18-22)30-25(26(23)32-2)21-12-10-19(11-13-21)8-9-20-6-4-14-28-17-20/h4-7,10-18H,3H2,1-2H3. The van der Waals surface area contributed by atoms with E-state index in [0.717, 1.165) is 22.3 Å². The summed E-state index contributed by atoms with van der Waals surface area (Å²) in [4.78, 5) is 25.7. The van der Waals surface area contributed by atoms with E-state index in [-0.39, 0.29) is 6.61 Å². The molecule has 0 atom stereocenters. The lowest BCUT2D eigenvalue weighted by Crippen LogP contribution is -2.09. The lowest BCUT2D eigenvalue weighted by molar-refractivity contribution is 0.0522. The number of carbonyl (C=O) groups excluding carboxylic acids is 1. The van der Waals surface area contributed by atoms with E-state index in [0.29, 0.717) is 22.7 Å². The Bertz CT molecular complexity index is 1310. The maximum atomic E-state index is 12.7. The molecule has 0 N–H and O–H groups in total. The first kappa shape index (κ1) is 21.7. The Hall–Kier alpha value is -4.50. The molecule has 0 bridgehead atoms. The SMILES string of the molecule is CCOC(=O)c1cc(-c2cccnc2)nc(-c2ccc(C#Cc3cccnc3)cc2)c1OC. The van der Waals surface area contributed by atoms with Gasteiger partial charge in [-0.25, -0.2) is 9.78 Å². The van der Waals surface area contributed by atoms with Gasteiger partial charge in [0.2, 0.25) is 0 Å². The Morgan fingerprint density at radius 1 is 0.909 bits per heavy atom. The molecule has 6 heteroatoms. The number of hydrogen-bond donors (Lipinski definition) is 0. The van der Waals surface area contributed by atoms with Crippen LogP contribution in [0.15, 0.2) is 79.4 Å². The number of hydrogen-bond acceptors (Lipinski definition) is 6. The van der Waals surface area contributed by atoms with Crippen LogP contribution in [-0.4, -0.2) is 34.6 Å². The Balaban J connectivity index is 1.78. The molecular weight excluding hydrogens is 414 g/mol. The van der Waals surface area contributed by atoms with E-state index in [1.807, 2.05) is 48.5 Å². The molecule has 0 aliphatic rings. The van der Waals surface area contributed by atoms with Crippen molar-refractivity contribution in [2.75, 3.05) is 13.7 Å². The fourth-order valence-corrected chi connectivity index (χ4v) is 3.25. The van der Waals surface area contributed by atoms with Crippen molar-refractivity contribution in [2.45, 2.75) is 6.92 Å². The molecule has 0 radical (unpaired) electrons. The molecule has 3 aromatic heterocycles. The van der Waals surface area contributed by atoms with Crippen LogP contribution in [-0.2, 0) is 4.74 Å². The van der Waals surface area contributed by atoms with Crippen LogP contribution >= 0.6 is 0 Å². The zero-order valence-corrected chi connectivity index (χ0v) is 18.3. The Labute approximate surface area is 192 Å². The smallest absolute Gasteiger partial charge is 0.342 e. The average Bonchev–Trinajstić information content (AvgIpc) is 2.88. The summed E-state index contributed by atoms with van der Waals surface area (Å²) < 4.78 is 10.9. The molecule has 0 aliphatic carbocycles. The van der Waals surface area contributed by atoms with Gasteiger partial charge < -0.3 is 9.47 Å². The first-order chi connectivity index (χ1) is 16.2. The van der Waals surface area contributed by atoms with Crippen molar-refractivity contribution in [3.8, 4) is 40.1 Å². The van der Waals surface area contributed by atoms with Crippen LogP contribution in [0.25, 0.3) is 22.5 Å². The third-order valence-corrected chi connectivity index (χ3v) is 4.80. The van der Waals surface area contributed by atoms with Crippen LogP contribution in [0.5, 0.6) is 5.75 Å². The highest BCUT2D eigenvalue weighted by atomic mass is 16.5. The lowest BCUT2D eigenvalue weighted by Gasteiger charge is -2.15. The van der Waals surface area contributed by atoms with E-state index >= 15 is 0 Å². The Morgan fingerprint density at radius 3 is 2.27 bits per heavy atom. The van der Waals surface area contributed by atoms with Crippen molar-refractivity contribution in [2.24, 2.45) is 0 Å². The minimum Gasteiger partial charge on any atom is -0.494 e. The Kier molecular flexibility index (Phi) is 6.72. The van der Waals surface area contributed by atoms with Gasteiger partial charge in [-0.2, -0.15) is 0 Å². The topological polar surface area (TPSA) is 74.2 Å². The van der Waals surface area contributed by atoms with Gasteiger partial charge in [-0.05, 0) is 49.4 Å². The summed E-state index contributed by atoms with van der Waals surface area (Å²) >= 11 is 0. The average molecular weight is 435 g/mol. The van der Waals surface area contributed by atoms with E-state index in [9.17, 15) is 4.79 Å². The molecule has 33 heavy (non-hydrogen) atoms. The molecule has 0 unspecified atom stereocenters. The number of nitrogens with zero attached hydrogens (tertiary/aromatic N) is 3. The van der Waals surface area contributed by atoms with Gasteiger partial charge in [-0.15, -0.1) is 0 Å². The van der Waals surface area contributed by atoms with Crippen molar-refractivity contribution >= 4 is 5.97 Å². The molecule has 4 rings (SSSR count). The molecule has 3 heterocycles. The van der Waals surface area contributed by atoms with Crippen LogP contribution in [0.3, 0.4) is 0 Å². The number of esters is 1. The molecule has 1 aromatic carbocycles. The molecule has 4 aromatic rings. The van der Waals surface area contributed by atoms with Gasteiger partial charge in [0, 0.05) is 47.0 Å². The summed E-state index contributed by atoms with van der Waals surface area (Å²) in [5.41, 5.74) is 4.70. The minimum absolute atomic E-state index is 0.256. The third kappa shape index (κ3) is 5.05. The summed E-state index contributed by atoms with van der Waals surface area (Å²) in [5, 5.41) is 0. The van der Waals surface area contributed by atoms with Crippen molar-refractivity contribution in [3.63, 3.8) is 0 Å². The lowest BCUT2D eigenvalue weighted by atomic mass is 10.0. The van der Waals surface area contributed by atoms with Crippen LogP contribution in [0, 0.1) is 11.8 Å². The number of benzene rings is 1. The molecular formula is C27H21N3O3. The van der Waals surface area contributed by atoms with Crippen molar-refractivity contribution < 1.29 is 14.3 Å². The monoisotopic (exact) mass is 435 g/mol. The molecule has 0 aliphatic heterocycles. The van der Waals surface area contributed by atoms with E-state index in [1.165, 1.54) is 7.11 Å². The number of carbonyl (C=O) groups is 1. The molecule has 0 spiro atoms. The predicted octanol–water partition coefficient (Wildman–Crippen LogP) is 4.79. The van der Waals surface area contributed by atoms with E-state index < -0.39 is 5.97 Å². The van der Waals surface area contributed by atoms with Crippen LogP contribution in [0.1, 0.15) is 28.4 Å². The number of ether oxygens (including phenoxy) is 2. The molecule has 0 fully saturated rings. The van der Waals surface area contributed by atoms with Crippen LogP contribution < -0.4 is 4.74 Å². The van der Waals surface area contributed by atoms with Crippen molar-refractivity contribution in [3.05, 3.63) is 96.1 Å². The second kappa shape index (κ2) is 10.2. The largest absolute Gasteiger partial charge is 0.494 e. The highest BCUT2D eigenvalue weighted by Gasteiger charge is 2.22. The number of methoxy groups -OCH3 is 1. The maximum absolute atomic E-state index is 12.7. The fourth-order valence-electron chi connectivity index (χ4n) is 3.25. The third-order valence-electron chi connectivity index (χ3n) is 4.80. The summed E-state index contributed by atoms with van der Waals surface area (Å²) in [6, 6.07) is 16.7. The molecule has 0 saturated heterocycles. The second-order valence-corrected chi connectivity index (χ2v) is 6.97. The van der Waals surface area contributed by atoms with Gasteiger partial charge in [-0.1, -0.05) is 24.0 Å². The molecule has 0 saturated carbocycles. The maximum Gasteiger partial charge on any atom is 0.342 e. The highest BCUT2D eigenvalue weighted by molar-refractivity contribution is 5.96. The van der Waals surface area contributed by atoms with Gasteiger partial charge >= 0.3 is 5.97 Å². The normalized spacial score (nSPS) is 10.1. The first-order valence-electron chi connectivity index (χ1n) is 10.4. The highest BCUT2D eigenvalue weighted by Crippen LogP contribution is 2.35. The molecule has 0 amide bonds. The quantitative estimate of drug-likeness (QED) is 0.331. The minimum atomic E-state index is -0.470. The second-order valence-electron chi connectivity index (χ2n) is 6.97. The zero-order valence-electron chi connectivity index (χ0n) is 18.3. The summed E-state index contributed by atoms with van der Waals surface area (Å²) in [6.45, 7) is 2.02. The number of rotatable bonds is 5. The zero-order chi connectivity index (χ0) is 23.0. The van der Waals surface area contributed by atoms with Crippen LogP contribution in [0.2, 0.25) is 0 Å². The summed E-state index contributed by atoms with van der Waals surface area (Å²) in [7, 11) is 1.51. The Morgan fingerprint density at radius 2 is 1.64 bits per heavy atom. The van der Waals surface area contributed by atoms with Crippen LogP contribution in [0.4, 0.5) is 0 Å². The number of pyridine rings is 3. The first-order valence-corrected chi connectivity index (χ1v) is 10.4. The van der Waals surface area contributed by atoms with Crippen molar-refractivity contribution in [1.29, 1.82) is 0 Å². The van der Waals surface area contributed by atoms with E-state index in [2.05, 4.69) is 21.8 Å². The number of aromatic nitrogens is 3. The molecule has 162 valence electrons.